The van der Waals surface area contributed by atoms with Crippen molar-refractivity contribution in [3.63, 3.8) is 0 Å². The summed E-state index contributed by atoms with van der Waals surface area (Å²) in [6, 6.07) is 4.07. The predicted octanol–water partition coefficient (Wildman–Crippen LogP) is 2.60. The van der Waals surface area contributed by atoms with Gasteiger partial charge in [0.15, 0.2) is 5.69 Å². The lowest BCUT2D eigenvalue weighted by Crippen LogP contribution is -2.11. The Kier molecular flexibility index (Phi) is 3.01. The van der Waals surface area contributed by atoms with Gasteiger partial charge in [-0.3, -0.25) is 0 Å². The zero-order chi connectivity index (χ0) is 12.4. The Morgan fingerprint density at radius 1 is 1.53 bits per heavy atom. The maximum Gasteiger partial charge on any atom is 0.218 e. The van der Waals surface area contributed by atoms with Crippen LogP contribution in [0, 0.1) is 5.82 Å². The van der Waals surface area contributed by atoms with Crippen LogP contribution in [0.4, 0.5) is 10.1 Å². The molecule has 1 heterocycles. The van der Waals surface area contributed by atoms with E-state index in [9.17, 15) is 9.50 Å². The van der Waals surface area contributed by atoms with E-state index < -0.39 is 5.82 Å². The molecule has 0 unspecified atom stereocenters. The number of nitrogens with zero attached hydrogens (tertiary/aromatic N) is 2. The molecule has 0 bridgehead atoms. The van der Waals surface area contributed by atoms with Crippen molar-refractivity contribution in [1.82, 2.24) is 10.3 Å². The number of aromatic nitrogens is 1. The minimum absolute atomic E-state index is 0.164. The second-order valence-electron chi connectivity index (χ2n) is 3.27. The average molecular weight is 252 g/mol. The summed E-state index contributed by atoms with van der Waals surface area (Å²) in [4.78, 5) is 2.67. The molecule has 2 rings (SSSR count). The summed E-state index contributed by atoms with van der Waals surface area (Å²) in [7, 11) is 1.61. The van der Waals surface area contributed by atoms with Crippen molar-refractivity contribution in [2.75, 3.05) is 7.05 Å². The van der Waals surface area contributed by atoms with Gasteiger partial charge in [-0.05, 0) is 30.4 Å². The van der Waals surface area contributed by atoms with E-state index in [1.54, 1.807) is 7.05 Å². The molecule has 1 aromatic heterocycles. The van der Waals surface area contributed by atoms with Gasteiger partial charge in [-0.15, -0.1) is 10.2 Å². The fourth-order valence-electron chi connectivity index (χ4n) is 1.38. The first kappa shape index (κ1) is 11.5. The molecule has 0 saturated heterocycles. The Bertz CT molecular complexity index is 608. The van der Waals surface area contributed by atoms with Crippen molar-refractivity contribution in [1.29, 1.82) is 0 Å². The highest BCUT2D eigenvalue weighted by molar-refractivity contribution is 7.80. The van der Waals surface area contributed by atoms with Crippen molar-refractivity contribution < 1.29 is 9.50 Å². The number of hydrogen-bond donors (Lipinski definition) is 3. The number of azo groups is 1. The van der Waals surface area contributed by atoms with Crippen LogP contribution in [0.15, 0.2) is 28.4 Å². The summed E-state index contributed by atoms with van der Waals surface area (Å²) in [6.07, 6.45) is 0. The lowest BCUT2D eigenvalue weighted by atomic mass is 10.2. The van der Waals surface area contributed by atoms with E-state index in [4.69, 9.17) is 12.2 Å². The third-order valence-electron chi connectivity index (χ3n) is 2.17. The highest BCUT2D eigenvalue weighted by Gasteiger charge is 2.11. The SMILES string of the molecule is CNC(=S)N=Nc1c(O)[nH]c2ccc(F)cc12. The van der Waals surface area contributed by atoms with Crippen molar-refractivity contribution in [2.45, 2.75) is 0 Å². The smallest absolute Gasteiger partial charge is 0.218 e. The highest BCUT2D eigenvalue weighted by Crippen LogP contribution is 2.35. The fourth-order valence-corrected chi connectivity index (χ4v) is 1.42. The van der Waals surface area contributed by atoms with Gasteiger partial charge in [-0.25, -0.2) is 4.39 Å². The molecular formula is C10H9FN4OS. The average Bonchev–Trinajstić information content (AvgIpc) is 2.61. The van der Waals surface area contributed by atoms with Gasteiger partial charge in [-0.1, -0.05) is 0 Å². The lowest BCUT2D eigenvalue weighted by molar-refractivity contribution is 0.459. The zero-order valence-electron chi connectivity index (χ0n) is 8.86. The van der Waals surface area contributed by atoms with E-state index in [1.165, 1.54) is 18.2 Å². The molecule has 88 valence electrons. The Hall–Kier alpha value is -2.02. The molecule has 0 saturated carbocycles. The largest absolute Gasteiger partial charge is 0.493 e. The normalized spacial score (nSPS) is 11.2. The van der Waals surface area contributed by atoms with Crippen LogP contribution in [0.5, 0.6) is 5.88 Å². The van der Waals surface area contributed by atoms with Crippen molar-refractivity contribution in [3.8, 4) is 5.88 Å². The van der Waals surface area contributed by atoms with Crippen LogP contribution in [-0.2, 0) is 0 Å². The van der Waals surface area contributed by atoms with Crippen LogP contribution in [0.1, 0.15) is 0 Å². The molecule has 0 fully saturated rings. The number of halogens is 1. The minimum Gasteiger partial charge on any atom is -0.493 e. The fraction of sp³-hybridized carbons (Fsp3) is 0.100. The summed E-state index contributed by atoms with van der Waals surface area (Å²) in [5.74, 6) is -0.586. The van der Waals surface area contributed by atoms with Crippen LogP contribution in [0.2, 0.25) is 0 Å². The van der Waals surface area contributed by atoms with Gasteiger partial charge in [0.25, 0.3) is 0 Å². The molecule has 5 nitrogen and oxygen atoms in total. The molecule has 3 N–H and O–H groups in total. The second kappa shape index (κ2) is 4.46. The van der Waals surface area contributed by atoms with Gasteiger partial charge in [-0.2, -0.15) is 0 Å². The number of benzene rings is 1. The van der Waals surface area contributed by atoms with Gasteiger partial charge in [0.2, 0.25) is 11.0 Å². The van der Waals surface area contributed by atoms with Crippen LogP contribution >= 0.6 is 12.2 Å². The number of aromatic amines is 1. The molecule has 0 amide bonds. The van der Waals surface area contributed by atoms with Crippen molar-refractivity contribution in [2.24, 2.45) is 10.2 Å². The second-order valence-corrected chi connectivity index (χ2v) is 3.65. The summed E-state index contributed by atoms with van der Waals surface area (Å²) >= 11 is 4.78. The number of aromatic hydroxyl groups is 1. The molecule has 0 aliphatic heterocycles. The molecule has 0 aliphatic carbocycles. The molecule has 1 aromatic carbocycles. The molecular weight excluding hydrogens is 243 g/mol. The minimum atomic E-state index is -0.413. The van der Waals surface area contributed by atoms with E-state index >= 15 is 0 Å². The number of nitrogens with one attached hydrogen (secondary N) is 2. The first-order valence-electron chi connectivity index (χ1n) is 4.75. The standard InChI is InChI=1S/C10H9FN4OS/c1-12-10(17)15-14-8-6-4-5(11)2-3-7(6)13-9(8)16/h2-4,13,16H,1H3,(H,12,17). The molecule has 0 aliphatic rings. The van der Waals surface area contributed by atoms with Gasteiger partial charge < -0.3 is 15.4 Å². The lowest BCUT2D eigenvalue weighted by Gasteiger charge is -1.93. The van der Waals surface area contributed by atoms with Crippen molar-refractivity contribution in [3.05, 3.63) is 24.0 Å². The first-order chi connectivity index (χ1) is 8.11. The van der Waals surface area contributed by atoms with E-state index in [0.717, 1.165) is 0 Å². The highest BCUT2D eigenvalue weighted by atomic mass is 32.1. The van der Waals surface area contributed by atoms with Crippen LogP contribution in [0.25, 0.3) is 10.9 Å². The Balaban J connectivity index is 2.52. The summed E-state index contributed by atoms with van der Waals surface area (Å²) < 4.78 is 13.1. The number of H-pyrrole nitrogens is 1. The molecule has 0 atom stereocenters. The van der Waals surface area contributed by atoms with E-state index in [1.807, 2.05) is 0 Å². The van der Waals surface area contributed by atoms with E-state index in [0.29, 0.717) is 10.9 Å². The molecule has 0 radical (unpaired) electrons. The number of thiocarbonyl (C=S) groups is 1. The molecule has 7 heteroatoms. The van der Waals surface area contributed by atoms with E-state index in [2.05, 4.69) is 20.5 Å². The van der Waals surface area contributed by atoms with Gasteiger partial charge >= 0.3 is 0 Å². The predicted molar refractivity (Wildman–Crippen MR) is 66.1 cm³/mol. The van der Waals surface area contributed by atoms with Gasteiger partial charge in [0, 0.05) is 12.4 Å². The maximum atomic E-state index is 13.1. The van der Waals surface area contributed by atoms with Crippen LogP contribution in [-0.4, -0.2) is 22.3 Å². The number of fused-ring (bicyclic) bond motifs is 1. The molecule has 0 spiro atoms. The topological polar surface area (TPSA) is 72.8 Å². The monoisotopic (exact) mass is 252 g/mol. The van der Waals surface area contributed by atoms with E-state index in [-0.39, 0.29) is 16.7 Å². The summed E-state index contributed by atoms with van der Waals surface area (Å²) in [5.41, 5.74) is 0.741. The maximum absolute atomic E-state index is 13.1. The van der Waals surface area contributed by atoms with Crippen LogP contribution in [0.3, 0.4) is 0 Å². The quantitative estimate of drug-likeness (QED) is 0.539. The van der Waals surface area contributed by atoms with Crippen LogP contribution < -0.4 is 5.32 Å². The molecule has 2 aromatic rings. The van der Waals surface area contributed by atoms with Gasteiger partial charge in [0.05, 0.1) is 5.52 Å². The Morgan fingerprint density at radius 2 is 2.29 bits per heavy atom. The first-order valence-corrected chi connectivity index (χ1v) is 5.16. The zero-order valence-corrected chi connectivity index (χ0v) is 9.68. The Morgan fingerprint density at radius 3 is 3.00 bits per heavy atom. The Labute approximate surface area is 101 Å². The third kappa shape index (κ3) is 2.23. The number of rotatable bonds is 1. The van der Waals surface area contributed by atoms with Gasteiger partial charge in [0.1, 0.15) is 5.82 Å². The van der Waals surface area contributed by atoms with Crippen molar-refractivity contribution >= 4 is 33.9 Å². The summed E-state index contributed by atoms with van der Waals surface area (Å²) in [6.45, 7) is 0. The number of hydrogen-bond acceptors (Lipinski definition) is 3. The summed E-state index contributed by atoms with van der Waals surface area (Å²) in [5, 5.41) is 20.3. The third-order valence-corrected chi connectivity index (χ3v) is 2.45. The molecule has 17 heavy (non-hydrogen) atoms.